The maximum atomic E-state index is 12.5. The second-order valence-electron chi connectivity index (χ2n) is 5.26. The Morgan fingerprint density at radius 3 is 2.90 bits per heavy atom. The largest absolute Gasteiger partial charge is 0.469 e. The number of likely N-dealkylation sites (tertiary alicyclic amines) is 1. The van der Waals surface area contributed by atoms with Crippen LogP contribution in [0.15, 0.2) is 34.7 Å². The van der Waals surface area contributed by atoms with Crippen LogP contribution in [-0.2, 0) is 9.53 Å². The third kappa shape index (κ3) is 2.63. The number of para-hydroxylation sites is 1. The Kier molecular flexibility index (Phi) is 3.64. The highest BCUT2D eigenvalue weighted by molar-refractivity contribution is 5.96. The topological polar surface area (TPSA) is 59.8 Å². The monoisotopic (exact) mass is 287 g/mol. The molecule has 0 saturated carbocycles. The summed E-state index contributed by atoms with van der Waals surface area (Å²) in [5.41, 5.74) is 0.697. The number of ether oxygens (including phenoxy) is 1. The zero-order valence-corrected chi connectivity index (χ0v) is 11.9. The molecule has 0 radical (unpaired) electrons. The number of piperidine rings is 1. The molecule has 1 aliphatic rings. The number of nitrogens with zero attached hydrogens (tertiary/aromatic N) is 1. The van der Waals surface area contributed by atoms with Gasteiger partial charge in [-0.05, 0) is 25.0 Å². The maximum absolute atomic E-state index is 12.5. The minimum atomic E-state index is -0.253. The highest BCUT2D eigenvalue weighted by Crippen LogP contribution is 2.23. The van der Waals surface area contributed by atoms with Gasteiger partial charge < -0.3 is 14.1 Å². The molecule has 1 unspecified atom stereocenters. The van der Waals surface area contributed by atoms with Gasteiger partial charge >= 0.3 is 5.97 Å². The SMILES string of the molecule is COC(=O)C1CCCN(C(=O)c2cc3ccccc3o2)C1. The second-order valence-corrected chi connectivity index (χ2v) is 5.26. The molecule has 1 amide bonds. The summed E-state index contributed by atoms with van der Waals surface area (Å²) in [6.07, 6.45) is 1.56. The van der Waals surface area contributed by atoms with Crippen LogP contribution in [0.2, 0.25) is 0 Å². The molecule has 5 heteroatoms. The van der Waals surface area contributed by atoms with E-state index in [0.29, 0.717) is 24.4 Å². The van der Waals surface area contributed by atoms with E-state index in [4.69, 9.17) is 9.15 Å². The minimum absolute atomic E-state index is 0.167. The van der Waals surface area contributed by atoms with Crippen molar-refractivity contribution in [2.24, 2.45) is 5.92 Å². The smallest absolute Gasteiger partial charge is 0.310 e. The minimum Gasteiger partial charge on any atom is -0.469 e. The van der Waals surface area contributed by atoms with E-state index in [0.717, 1.165) is 18.2 Å². The van der Waals surface area contributed by atoms with E-state index in [9.17, 15) is 9.59 Å². The van der Waals surface area contributed by atoms with E-state index in [1.165, 1.54) is 7.11 Å². The molecule has 0 bridgehead atoms. The summed E-state index contributed by atoms with van der Waals surface area (Å²) in [4.78, 5) is 25.8. The van der Waals surface area contributed by atoms with Crippen LogP contribution in [-0.4, -0.2) is 37.0 Å². The number of carbonyl (C=O) groups excluding carboxylic acids is 2. The fourth-order valence-electron chi connectivity index (χ4n) is 2.76. The van der Waals surface area contributed by atoms with Gasteiger partial charge in [-0.25, -0.2) is 0 Å². The fraction of sp³-hybridized carbons (Fsp3) is 0.375. The van der Waals surface area contributed by atoms with Crippen molar-refractivity contribution in [3.05, 3.63) is 36.1 Å². The molecule has 5 nitrogen and oxygen atoms in total. The predicted molar refractivity (Wildman–Crippen MR) is 76.9 cm³/mol. The van der Waals surface area contributed by atoms with E-state index in [1.807, 2.05) is 24.3 Å². The quantitative estimate of drug-likeness (QED) is 0.796. The van der Waals surface area contributed by atoms with Crippen molar-refractivity contribution < 1.29 is 18.7 Å². The van der Waals surface area contributed by atoms with E-state index in [-0.39, 0.29) is 17.8 Å². The number of hydrogen-bond acceptors (Lipinski definition) is 4. The lowest BCUT2D eigenvalue weighted by molar-refractivity contribution is -0.146. The summed E-state index contributed by atoms with van der Waals surface area (Å²) in [7, 11) is 1.38. The third-order valence-corrected chi connectivity index (χ3v) is 3.88. The van der Waals surface area contributed by atoms with Crippen molar-refractivity contribution in [2.75, 3.05) is 20.2 Å². The zero-order valence-electron chi connectivity index (χ0n) is 11.9. The Labute approximate surface area is 122 Å². The Morgan fingerprint density at radius 1 is 1.33 bits per heavy atom. The first-order valence-corrected chi connectivity index (χ1v) is 7.04. The van der Waals surface area contributed by atoms with E-state index in [1.54, 1.807) is 11.0 Å². The van der Waals surface area contributed by atoms with Gasteiger partial charge in [0.1, 0.15) is 5.58 Å². The summed E-state index contributed by atoms with van der Waals surface area (Å²) in [6.45, 7) is 1.03. The number of carbonyl (C=O) groups is 2. The van der Waals surface area contributed by atoms with E-state index >= 15 is 0 Å². The molecule has 3 rings (SSSR count). The first-order chi connectivity index (χ1) is 10.2. The van der Waals surface area contributed by atoms with Crippen LogP contribution in [0.25, 0.3) is 11.0 Å². The van der Waals surface area contributed by atoms with Gasteiger partial charge in [-0.2, -0.15) is 0 Å². The van der Waals surface area contributed by atoms with Crippen molar-refractivity contribution in [1.82, 2.24) is 4.90 Å². The molecular formula is C16H17NO4. The molecule has 1 aliphatic heterocycles. The number of fused-ring (bicyclic) bond motifs is 1. The molecule has 1 saturated heterocycles. The van der Waals surface area contributed by atoms with E-state index in [2.05, 4.69) is 0 Å². The van der Waals surface area contributed by atoms with Gasteiger partial charge in [0, 0.05) is 18.5 Å². The Hall–Kier alpha value is -2.30. The van der Waals surface area contributed by atoms with Crippen LogP contribution in [0.5, 0.6) is 0 Å². The van der Waals surface area contributed by atoms with Crippen LogP contribution in [0.4, 0.5) is 0 Å². The van der Waals surface area contributed by atoms with Gasteiger partial charge in [0.2, 0.25) is 0 Å². The van der Waals surface area contributed by atoms with Gasteiger partial charge in [0.05, 0.1) is 13.0 Å². The maximum Gasteiger partial charge on any atom is 0.310 e. The van der Waals surface area contributed by atoms with Gasteiger partial charge in [0.15, 0.2) is 5.76 Å². The molecule has 0 aliphatic carbocycles. The molecule has 1 aromatic heterocycles. The van der Waals surface area contributed by atoms with Gasteiger partial charge in [-0.3, -0.25) is 9.59 Å². The Morgan fingerprint density at radius 2 is 2.14 bits per heavy atom. The molecule has 0 spiro atoms. The number of benzene rings is 1. The normalized spacial score (nSPS) is 18.7. The van der Waals surface area contributed by atoms with Gasteiger partial charge in [0.25, 0.3) is 5.91 Å². The Balaban J connectivity index is 1.79. The van der Waals surface area contributed by atoms with Crippen molar-refractivity contribution in [3.8, 4) is 0 Å². The molecule has 21 heavy (non-hydrogen) atoms. The lowest BCUT2D eigenvalue weighted by Gasteiger charge is -2.30. The molecule has 110 valence electrons. The predicted octanol–water partition coefficient (Wildman–Crippen LogP) is 2.46. The first kappa shape index (κ1) is 13.7. The molecule has 1 aromatic carbocycles. The van der Waals surface area contributed by atoms with Crippen molar-refractivity contribution in [1.29, 1.82) is 0 Å². The van der Waals surface area contributed by atoms with Crippen LogP contribution >= 0.6 is 0 Å². The second kappa shape index (κ2) is 5.60. The standard InChI is InChI=1S/C16H17NO4/c1-20-16(19)12-6-4-8-17(10-12)15(18)14-9-11-5-2-3-7-13(11)21-14/h2-3,5,7,9,12H,4,6,8,10H2,1H3. The number of amides is 1. The number of hydrogen-bond donors (Lipinski definition) is 0. The van der Waals surface area contributed by atoms with Crippen LogP contribution in [0, 0.1) is 5.92 Å². The van der Waals surface area contributed by atoms with E-state index < -0.39 is 0 Å². The van der Waals surface area contributed by atoms with Crippen molar-refractivity contribution in [3.63, 3.8) is 0 Å². The average Bonchev–Trinajstić information content (AvgIpc) is 2.97. The number of rotatable bonds is 2. The lowest BCUT2D eigenvalue weighted by atomic mass is 9.98. The molecule has 1 fully saturated rings. The molecule has 1 atom stereocenters. The lowest BCUT2D eigenvalue weighted by Crippen LogP contribution is -2.42. The number of esters is 1. The summed E-state index contributed by atoms with van der Waals surface area (Å²) in [5.74, 6) is -0.337. The van der Waals surface area contributed by atoms with Crippen LogP contribution < -0.4 is 0 Å². The first-order valence-electron chi connectivity index (χ1n) is 7.04. The number of furan rings is 1. The number of methoxy groups -OCH3 is 1. The average molecular weight is 287 g/mol. The summed E-state index contributed by atoms with van der Waals surface area (Å²) >= 11 is 0. The fourth-order valence-corrected chi connectivity index (χ4v) is 2.76. The molecular weight excluding hydrogens is 270 g/mol. The van der Waals surface area contributed by atoms with Gasteiger partial charge in [-0.15, -0.1) is 0 Å². The van der Waals surface area contributed by atoms with Crippen LogP contribution in [0.3, 0.4) is 0 Å². The highest BCUT2D eigenvalue weighted by atomic mass is 16.5. The van der Waals surface area contributed by atoms with Crippen molar-refractivity contribution >= 4 is 22.8 Å². The molecule has 2 aromatic rings. The highest BCUT2D eigenvalue weighted by Gasteiger charge is 2.30. The Bertz CT molecular complexity index is 643. The summed E-state index contributed by atoms with van der Waals surface area (Å²) < 4.78 is 10.4. The molecule has 2 heterocycles. The third-order valence-electron chi connectivity index (χ3n) is 3.88. The zero-order chi connectivity index (χ0) is 14.8. The van der Waals surface area contributed by atoms with Crippen molar-refractivity contribution in [2.45, 2.75) is 12.8 Å². The molecule has 0 N–H and O–H groups in total. The summed E-state index contributed by atoms with van der Waals surface area (Å²) in [5, 5.41) is 0.905. The van der Waals surface area contributed by atoms with Gasteiger partial charge in [-0.1, -0.05) is 18.2 Å². The summed E-state index contributed by atoms with van der Waals surface area (Å²) in [6, 6.07) is 9.26. The van der Waals surface area contributed by atoms with Crippen LogP contribution in [0.1, 0.15) is 23.4 Å².